The zero-order valence-corrected chi connectivity index (χ0v) is 15.1. The fourth-order valence-corrected chi connectivity index (χ4v) is 2.36. The van der Waals surface area contributed by atoms with Gasteiger partial charge in [0.2, 0.25) is 0 Å². The lowest BCUT2D eigenvalue weighted by Crippen LogP contribution is -2.17. The Morgan fingerprint density at radius 2 is 1.50 bits per heavy atom. The monoisotopic (exact) mass is 284 g/mol. The zero-order chi connectivity index (χ0) is 15.4. The van der Waals surface area contributed by atoms with Gasteiger partial charge in [-0.05, 0) is 43.4 Å². The predicted molar refractivity (Wildman–Crippen MR) is 91.2 cm³/mol. The third-order valence-electron chi connectivity index (χ3n) is 4.87. The highest BCUT2D eigenvalue weighted by atomic mass is 16.5. The van der Waals surface area contributed by atoms with Crippen molar-refractivity contribution in [1.82, 2.24) is 0 Å². The van der Waals surface area contributed by atoms with Crippen molar-refractivity contribution in [2.75, 3.05) is 6.61 Å². The molecule has 0 N–H and O–H groups in total. The van der Waals surface area contributed by atoms with Crippen LogP contribution in [0.5, 0.6) is 0 Å². The SMILES string of the molecule is CCCCCC(CCC(C)C(C)C)OCCC(C)CC. The van der Waals surface area contributed by atoms with E-state index < -0.39 is 0 Å². The van der Waals surface area contributed by atoms with Crippen molar-refractivity contribution in [2.45, 2.75) is 99.0 Å². The van der Waals surface area contributed by atoms with Crippen molar-refractivity contribution in [1.29, 1.82) is 0 Å². The molecule has 0 spiro atoms. The van der Waals surface area contributed by atoms with E-state index in [1.807, 2.05) is 0 Å². The Labute approximate surface area is 128 Å². The van der Waals surface area contributed by atoms with Crippen LogP contribution < -0.4 is 0 Å². The van der Waals surface area contributed by atoms with Crippen LogP contribution in [0.1, 0.15) is 92.9 Å². The Hall–Kier alpha value is -0.0400. The molecule has 0 heterocycles. The van der Waals surface area contributed by atoms with Gasteiger partial charge in [0.1, 0.15) is 0 Å². The van der Waals surface area contributed by atoms with Crippen LogP contribution in [0.2, 0.25) is 0 Å². The quantitative estimate of drug-likeness (QED) is 0.353. The Morgan fingerprint density at radius 3 is 2.05 bits per heavy atom. The van der Waals surface area contributed by atoms with Crippen LogP contribution in [0.4, 0.5) is 0 Å². The Morgan fingerprint density at radius 1 is 0.800 bits per heavy atom. The largest absolute Gasteiger partial charge is 0.378 e. The Bertz CT molecular complexity index is 200. The second-order valence-corrected chi connectivity index (χ2v) is 7.09. The van der Waals surface area contributed by atoms with Crippen molar-refractivity contribution in [3.8, 4) is 0 Å². The van der Waals surface area contributed by atoms with Gasteiger partial charge in [-0.15, -0.1) is 0 Å². The molecule has 0 aromatic carbocycles. The Kier molecular flexibility index (Phi) is 12.7. The van der Waals surface area contributed by atoms with Crippen molar-refractivity contribution < 1.29 is 4.74 Å². The van der Waals surface area contributed by atoms with Crippen LogP contribution in [0.3, 0.4) is 0 Å². The zero-order valence-electron chi connectivity index (χ0n) is 15.1. The van der Waals surface area contributed by atoms with Gasteiger partial charge in [0, 0.05) is 6.61 Å². The first kappa shape index (κ1) is 20.0. The van der Waals surface area contributed by atoms with E-state index in [1.54, 1.807) is 0 Å². The van der Waals surface area contributed by atoms with E-state index in [9.17, 15) is 0 Å². The molecule has 0 fully saturated rings. The summed E-state index contributed by atoms with van der Waals surface area (Å²) in [6, 6.07) is 0. The third kappa shape index (κ3) is 10.7. The minimum atomic E-state index is 0.506. The van der Waals surface area contributed by atoms with Gasteiger partial charge in [-0.1, -0.05) is 67.2 Å². The topological polar surface area (TPSA) is 9.23 Å². The standard InChI is InChI=1S/C19H40O/c1-7-9-10-11-19(13-12-18(6)16(3)4)20-15-14-17(5)8-2/h16-19H,7-15H2,1-6H3. The van der Waals surface area contributed by atoms with E-state index in [2.05, 4.69) is 41.5 Å². The van der Waals surface area contributed by atoms with Crippen molar-refractivity contribution in [3.63, 3.8) is 0 Å². The summed E-state index contributed by atoms with van der Waals surface area (Å²) in [5.74, 6) is 2.43. The average molecular weight is 285 g/mol. The molecule has 0 saturated heterocycles. The summed E-state index contributed by atoms with van der Waals surface area (Å²) < 4.78 is 6.19. The van der Waals surface area contributed by atoms with Crippen LogP contribution >= 0.6 is 0 Å². The number of ether oxygens (including phenoxy) is 1. The molecule has 0 aromatic rings. The molecule has 1 heteroatoms. The maximum atomic E-state index is 6.19. The number of rotatable bonds is 13. The first-order valence-electron chi connectivity index (χ1n) is 9.12. The third-order valence-corrected chi connectivity index (χ3v) is 4.87. The van der Waals surface area contributed by atoms with Crippen molar-refractivity contribution in [3.05, 3.63) is 0 Å². The molecule has 0 bridgehead atoms. The van der Waals surface area contributed by atoms with E-state index in [-0.39, 0.29) is 0 Å². The smallest absolute Gasteiger partial charge is 0.0575 e. The van der Waals surface area contributed by atoms with E-state index in [4.69, 9.17) is 4.74 Å². The minimum Gasteiger partial charge on any atom is -0.378 e. The summed E-state index contributed by atoms with van der Waals surface area (Å²) >= 11 is 0. The molecule has 3 atom stereocenters. The van der Waals surface area contributed by atoms with Gasteiger partial charge >= 0.3 is 0 Å². The van der Waals surface area contributed by atoms with Gasteiger partial charge in [-0.25, -0.2) is 0 Å². The molecule has 0 aliphatic rings. The van der Waals surface area contributed by atoms with Gasteiger partial charge in [0.05, 0.1) is 6.10 Å². The molecule has 0 aromatic heterocycles. The normalized spacial score (nSPS) is 16.4. The van der Waals surface area contributed by atoms with Crippen LogP contribution in [0.15, 0.2) is 0 Å². The van der Waals surface area contributed by atoms with E-state index >= 15 is 0 Å². The summed E-state index contributed by atoms with van der Waals surface area (Å²) in [5, 5.41) is 0. The summed E-state index contributed by atoms with van der Waals surface area (Å²) in [5.41, 5.74) is 0. The summed E-state index contributed by atoms with van der Waals surface area (Å²) in [6.07, 6.45) is 10.8. The molecule has 0 aliphatic heterocycles. The first-order chi connectivity index (χ1) is 9.51. The second kappa shape index (κ2) is 12.7. The second-order valence-electron chi connectivity index (χ2n) is 7.09. The highest BCUT2D eigenvalue weighted by molar-refractivity contribution is 4.65. The summed E-state index contributed by atoms with van der Waals surface area (Å²) in [4.78, 5) is 0. The van der Waals surface area contributed by atoms with E-state index in [1.165, 1.54) is 51.4 Å². The molecule has 3 unspecified atom stereocenters. The maximum absolute atomic E-state index is 6.19. The highest BCUT2D eigenvalue weighted by Gasteiger charge is 2.14. The van der Waals surface area contributed by atoms with Crippen LogP contribution in [-0.4, -0.2) is 12.7 Å². The number of hydrogen-bond acceptors (Lipinski definition) is 1. The number of unbranched alkanes of at least 4 members (excludes halogenated alkanes) is 2. The van der Waals surface area contributed by atoms with Gasteiger partial charge < -0.3 is 4.74 Å². The lowest BCUT2D eigenvalue weighted by Gasteiger charge is -2.22. The molecule has 20 heavy (non-hydrogen) atoms. The molecule has 0 saturated carbocycles. The molecular weight excluding hydrogens is 244 g/mol. The van der Waals surface area contributed by atoms with Gasteiger partial charge in [0.15, 0.2) is 0 Å². The van der Waals surface area contributed by atoms with Gasteiger partial charge in [-0.3, -0.25) is 0 Å². The molecule has 1 nitrogen and oxygen atoms in total. The Balaban J connectivity index is 3.99. The number of hydrogen-bond donors (Lipinski definition) is 0. The van der Waals surface area contributed by atoms with Crippen molar-refractivity contribution >= 4 is 0 Å². The minimum absolute atomic E-state index is 0.506. The maximum Gasteiger partial charge on any atom is 0.0575 e. The molecule has 0 radical (unpaired) electrons. The lowest BCUT2D eigenvalue weighted by atomic mass is 9.91. The average Bonchev–Trinajstić information content (AvgIpc) is 2.43. The van der Waals surface area contributed by atoms with Crippen LogP contribution in [-0.2, 0) is 4.74 Å². The van der Waals surface area contributed by atoms with Gasteiger partial charge in [-0.2, -0.15) is 0 Å². The molecule has 0 aliphatic carbocycles. The van der Waals surface area contributed by atoms with E-state index in [0.29, 0.717) is 6.10 Å². The lowest BCUT2D eigenvalue weighted by molar-refractivity contribution is 0.0280. The van der Waals surface area contributed by atoms with E-state index in [0.717, 1.165) is 24.4 Å². The molecule has 0 amide bonds. The molecular formula is C19H40O. The van der Waals surface area contributed by atoms with Crippen LogP contribution in [0.25, 0.3) is 0 Å². The predicted octanol–water partition coefficient (Wildman–Crippen LogP) is 6.46. The first-order valence-corrected chi connectivity index (χ1v) is 9.12. The summed E-state index contributed by atoms with van der Waals surface area (Å²) in [7, 11) is 0. The van der Waals surface area contributed by atoms with Crippen molar-refractivity contribution in [2.24, 2.45) is 17.8 Å². The highest BCUT2D eigenvalue weighted by Crippen LogP contribution is 2.21. The molecule has 0 rings (SSSR count). The van der Waals surface area contributed by atoms with Crippen LogP contribution in [0, 0.1) is 17.8 Å². The molecule has 122 valence electrons. The fourth-order valence-electron chi connectivity index (χ4n) is 2.36. The fraction of sp³-hybridized carbons (Fsp3) is 1.00. The van der Waals surface area contributed by atoms with Gasteiger partial charge in [0.25, 0.3) is 0 Å². The summed E-state index contributed by atoms with van der Waals surface area (Å²) in [6.45, 7) is 14.9.